The van der Waals surface area contributed by atoms with Crippen LogP contribution in [0, 0.1) is 0 Å². The van der Waals surface area contributed by atoms with Crippen LogP contribution in [0.1, 0.15) is 12.5 Å². The van der Waals surface area contributed by atoms with Crippen molar-refractivity contribution < 1.29 is 33.0 Å². The topological polar surface area (TPSA) is 46.2 Å². The first-order valence-electron chi connectivity index (χ1n) is 6.78. The second-order valence-corrected chi connectivity index (χ2v) is 15.0. The predicted octanol–water partition coefficient (Wildman–Crippen LogP) is 3.51. The number of hydrogen-bond donors (Lipinski definition) is 1. The average molecular weight is 476 g/mol. The summed E-state index contributed by atoms with van der Waals surface area (Å²) in [5.41, 5.74) is 1.85. The molecule has 20 heavy (non-hydrogen) atoms. The fourth-order valence-electron chi connectivity index (χ4n) is 1.94. The standard InChI is InChI=1S/C13H12NO2S.C2H5.Hg/c1-11-7-9-13(10-8-11)17(15,16)14-12-5-3-2-4-6-12;1-2;/h2-10,14H,1H2;1H2,2H3;. The molecule has 2 rings (SSSR count). The molecule has 0 saturated heterocycles. The Bertz CT molecular complexity index is 639. The molecule has 3 nitrogen and oxygen atoms in total. The van der Waals surface area contributed by atoms with Crippen LogP contribution in [0.5, 0.6) is 0 Å². The SMILES string of the molecule is C[CH2][Hg][CH2]c1ccc(S(=O)(=O)Nc2ccccc2)cc1. The zero-order chi connectivity index (χ0) is 14.4. The molecule has 0 aliphatic heterocycles. The monoisotopic (exact) mass is 477 g/mol. The van der Waals surface area contributed by atoms with Gasteiger partial charge in [0.25, 0.3) is 0 Å². The van der Waals surface area contributed by atoms with Gasteiger partial charge in [-0.1, -0.05) is 0 Å². The van der Waals surface area contributed by atoms with Gasteiger partial charge in [0.15, 0.2) is 0 Å². The fraction of sp³-hybridized carbons (Fsp3) is 0.200. The molecule has 2 aromatic carbocycles. The molecular formula is C15H17HgNO2S. The summed E-state index contributed by atoms with van der Waals surface area (Å²) in [5.74, 6) is 0. The molecule has 0 atom stereocenters. The number of hydrogen-bond acceptors (Lipinski definition) is 2. The van der Waals surface area contributed by atoms with Crippen molar-refractivity contribution in [1.29, 1.82) is 0 Å². The second kappa shape index (κ2) is 7.22. The van der Waals surface area contributed by atoms with E-state index in [1.165, 1.54) is 13.4 Å². The van der Waals surface area contributed by atoms with Crippen molar-refractivity contribution in [3.05, 3.63) is 60.2 Å². The molecule has 0 spiro atoms. The molecule has 0 aromatic heterocycles. The fourth-order valence-corrected chi connectivity index (χ4v) is 7.25. The van der Waals surface area contributed by atoms with E-state index in [1.54, 1.807) is 36.4 Å². The Labute approximate surface area is 132 Å². The molecule has 0 saturated carbocycles. The zero-order valence-electron chi connectivity index (χ0n) is 11.5. The molecule has 5 heteroatoms. The van der Waals surface area contributed by atoms with Crippen LogP contribution >= 0.6 is 0 Å². The normalized spacial score (nSPS) is 10.8. The van der Waals surface area contributed by atoms with Gasteiger partial charge in [0.1, 0.15) is 0 Å². The minimum absolute atomic E-state index is 0.318. The third kappa shape index (κ3) is 4.31. The zero-order valence-corrected chi connectivity index (χ0v) is 17.9. The maximum atomic E-state index is 12.2. The molecule has 102 valence electrons. The first kappa shape index (κ1) is 15.5. The molecule has 1 N–H and O–H groups in total. The van der Waals surface area contributed by atoms with Crippen LogP contribution in [0.4, 0.5) is 5.69 Å². The van der Waals surface area contributed by atoms with Crippen molar-refractivity contribution in [3.63, 3.8) is 0 Å². The summed E-state index contributed by atoms with van der Waals surface area (Å²) in [6.07, 6.45) is 0. The van der Waals surface area contributed by atoms with E-state index in [9.17, 15) is 8.42 Å². The Balaban J connectivity index is 2.13. The molecule has 0 aliphatic rings. The molecule has 2 aromatic rings. The molecular weight excluding hydrogens is 459 g/mol. The summed E-state index contributed by atoms with van der Waals surface area (Å²) < 4.78 is 29.6. The Hall–Kier alpha value is -0.875. The molecule has 0 fully saturated rings. The van der Waals surface area contributed by atoms with Crippen LogP contribution in [0.25, 0.3) is 0 Å². The van der Waals surface area contributed by atoms with E-state index in [0.717, 1.165) is 0 Å². The molecule has 0 radical (unpaired) electrons. The number of anilines is 1. The first-order valence-corrected chi connectivity index (χ1v) is 16.0. The van der Waals surface area contributed by atoms with Gasteiger partial charge in [0.2, 0.25) is 0 Å². The Morgan fingerprint density at radius 3 is 2.25 bits per heavy atom. The number of sulfonamides is 1. The van der Waals surface area contributed by atoms with E-state index >= 15 is 0 Å². The van der Waals surface area contributed by atoms with Crippen molar-refractivity contribution in [2.75, 3.05) is 4.72 Å². The van der Waals surface area contributed by atoms with Gasteiger partial charge in [-0.05, 0) is 0 Å². The second-order valence-electron chi connectivity index (χ2n) is 4.72. The van der Waals surface area contributed by atoms with Crippen LogP contribution in [0.2, 0.25) is 3.93 Å². The number of nitrogens with one attached hydrogen (secondary N) is 1. The van der Waals surface area contributed by atoms with Gasteiger partial charge in [-0.25, -0.2) is 0 Å². The van der Waals surface area contributed by atoms with Crippen molar-refractivity contribution in [2.24, 2.45) is 0 Å². The molecule has 0 aliphatic carbocycles. The Kier molecular flexibility index (Phi) is 5.60. The summed E-state index contributed by atoms with van der Waals surface area (Å²) in [5, 5.41) is 0. The van der Waals surface area contributed by atoms with Gasteiger partial charge in [0.05, 0.1) is 0 Å². The van der Waals surface area contributed by atoms with Crippen LogP contribution in [0.15, 0.2) is 59.5 Å². The van der Waals surface area contributed by atoms with Crippen molar-refractivity contribution in [3.8, 4) is 0 Å². The van der Waals surface area contributed by atoms with Crippen LogP contribution in [0.3, 0.4) is 0 Å². The Morgan fingerprint density at radius 1 is 1.00 bits per heavy atom. The number of benzene rings is 2. The summed E-state index contributed by atoms with van der Waals surface area (Å²) in [4.78, 5) is 0.318. The maximum absolute atomic E-state index is 12.2. The number of rotatable bonds is 6. The van der Waals surface area contributed by atoms with E-state index < -0.39 is 34.6 Å². The minimum atomic E-state index is -3.48. The van der Waals surface area contributed by atoms with Gasteiger partial charge >= 0.3 is 133 Å². The predicted molar refractivity (Wildman–Crippen MR) is 77.9 cm³/mol. The summed E-state index contributed by atoms with van der Waals surface area (Å²) in [6.45, 7) is 2.24. The van der Waals surface area contributed by atoms with E-state index in [1.807, 2.05) is 18.2 Å². The van der Waals surface area contributed by atoms with E-state index in [2.05, 4.69) is 11.6 Å². The summed E-state index contributed by atoms with van der Waals surface area (Å²) in [7, 11) is -3.48. The van der Waals surface area contributed by atoms with Crippen LogP contribution in [-0.4, -0.2) is 8.42 Å². The molecule has 0 amide bonds. The third-order valence-corrected chi connectivity index (χ3v) is 10.8. The molecule has 0 unspecified atom stereocenters. The van der Waals surface area contributed by atoms with Crippen molar-refractivity contribution >= 4 is 15.7 Å². The molecule has 0 bridgehead atoms. The van der Waals surface area contributed by atoms with Gasteiger partial charge in [0, 0.05) is 0 Å². The number of para-hydroxylation sites is 1. The quantitative estimate of drug-likeness (QED) is 0.650. The molecule has 0 heterocycles. The van der Waals surface area contributed by atoms with Gasteiger partial charge in [-0.15, -0.1) is 0 Å². The van der Waals surface area contributed by atoms with Gasteiger partial charge in [-0.2, -0.15) is 0 Å². The first-order chi connectivity index (χ1) is 9.62. The average Bonchev–Trinajstić information content (AvgIpc) is 2.46. The van der Waals surface area contributed by atoms with Crippen molar-refractivity contribution in [1.82, 2.24) is 0 Å². The van der Waals surface area contributed by atoms with Gasteiger partial charge in [-0.3, -0.25) is 0 Å². The Morgan fingerprint density at radius 2 is 1.65 bits per heavy atom. The van der Waals surface area contributed by atoms with E-state index in [4.69, 9.17) is 0 Å². The third-order valence-electron chi connectivity index (χ3n) is 3.08. The van der Waals surface area contributed by atoms with Crippen LogP contribution < -0.4 is 4.72 Å². The van der Waals surface area contributed by atoms with Crippen molar-refractivity contribution in [2.45, 2.75) is 19.7 Å². The van der Waals surface area contributed by atoms with Gasteiger partial charge < -0.3 is 0 Å². The van der Waals surface area contributed by atoms with E-state index in [0.29, 0.717) is 10.6 Å². The summed E-state index contributed by atoms with van der Waals surface area (Å²) >= 11 is -0.728. The summed E-state index contributed by atoms with van der Waals surface area (Å²) in [6, 6.07) is 16.2. The van der Waals surface area contributed by atoms with E-state index in [-0.39, 0.29) is 0 Å². The van der Waals surface area contributed by atoms with Crippen LogP contribution in [-0.2, 0) is 38.5 Å².